The predicted molar refractivity (Wildman–Crippen MR) is 107 cm³/mol. The molecular weight excluding hydrogens is 365 g/mol. The molecule has 0 bridgehead atoms. The second-order valence-electron chi connectivity index (χ2n) is 5.97. The zero-order valence-corrected chi connectivity index (χ0v) is 15.9. The van der Waals surface area contributed by atoms with Crippen molar-refractivity contribution in [2.45, 2.75) is 25.1 Å². The third-order valence-electron chi connectivity index (χ3n) is 4.11. The smallest absolute Gasteiger partial charge is 0.242 e. The first kappa shape index (κ1) is 19.1. The van der Waals surface area contributed by atoms with Gasteiger partial charge in [-0.3, -0.25) is 9.69 Å². The predicted octanol–water partition coefficient (Wildman–Crippen LogP) is 4.08. The maximum Gasteiger partial charge on any atom is 0.242 e. The summed E-state index contributed by atoms with van der Waals surface area (Å²) in [4.78, 5) is 14.2. The van der Waals surface area contributed by atoms with Gasteiger partial charge in [-0.05, 0) is 53.9 Å². The molecule has 3 rings (SSSR count). The zero-order chi connectivity index (χ0) is 19.2. The minimum Gasteiger partial charge on any atom is -0.497 e. The van der Waals surface area contributed by atoms with Gasteiger partial charge in [0, 0.05) is 0 Å². The molecule has 1 saturated heterocycles. The van der Waals surface area contributed by atoms with Gasteiger partial charge in [0.25, 0.3) is 0 Å². The highest BCUT2D eigenvalue weighted by Gasteiger charge is 2.36. The van der Waals surface area contributed by atoms with E-state index >= 15 is 0 Å². The standard InChI is InChI=1S/C20H20FN3O2S/c1-3-18-19(25)24(13-15-4-8-16(21)9-5-15)20(27-18)23-22-12-14-6-10-17(26-2)11-7-14/h4-12,18H,3,13H2,1-2H3. The summed E-state index contributed by atoms with van der Waals surface area (Å²) in [7, 11) is 1.61. The number of thioether (sulfide) groups is 1. The van der Waals surface area contributed by atoms with Crippen LogP contribution >= 0.6 is 11.8 Å². The Morgan fingerprint density at radius 3 is 2.52 bits per heavy atom. The monoisotopic (exact) mass is 385 g/mol. The molecular formula is C20H20FN3O2S. The lowest BCUT2D eigenvalue weighted by Gasteiger charge is -2.15. The molecule has 1 aliphatic heterocycles. The fraction of sp³-hybridized carbons (Fsp3) is 0.250. The van der Waals surface area contributed by atoms with Gasteiger partial charge < -0.3 is 4.74 Å². The number of carbonyl (C=O) groups excluding carboxylic acids is 1. The molecule has 7 heteroatoms. The summed E-state index contributed by atoms with van der Waals surface area (Å²) in [6.07, 6.45) is 2.34. The Hall–Kier alpha value is -2.67. The molecule has 0 aromatic heterocycles. The number of rotatable bonds is 6. The fourth-order valence-corrected chi connectivity index (χ4v) is 3.62. The molecule has 1 aliphatic rings. The van der Waals surface area contributed by atoms with Crippen molar-refractivity contribution < 1.29 is 13.9 Å². The van der Waals surface area contributed by atoms with E-state index in [1.54, 1.807) is 30.4 Å². The van der Waals surface area contributed by atoms with Gasteiger partial charge in [0.05, 0.1) is 25.1 Å². The molecule has 1 fully saturated rings. The van der Waals surface area contributed by atoms with Crippen molar-refractivity contribution in [3.05, 3.63) is 65.5 Å². The van der Waals surface area contributed by atoms with Crippen LogP contribution in [0, 0.1) is 5.82 Å². The number of amides is 1. The highest BCUT2D eigenvalue weighted by molar-refractivity contribution is 8.15. The Kier molecular flexibility index (Phi) is 6.24. The first-order valence-corrected chi connectivity index (χ1v) is 9.46. The average Bonchev–Trinajstić information content (AvgIpc) is 2.99. The second-order valence-corrected chi connectivity index (χ2v) is 7.14. The molecule has 5 nitrogen and oxygen atoms in total. The van der Waals surface area contributed by atoms with Crippen LogP contribution in [-0.2, 0) is 11.3 Å². The van der Waals surface area contributed by atoms with Gasteiger partial charge in [-0.25, -0.2) is 4.39 Å². The van der Waals surface area contributed by atoms with Crippen molar-refractivity contribution in [2.75, 3.05) is 7.11 Å². The minimum absolute atomic E-state index is 0.00484. The Morgan fingerprint density at radius 1 is 1.19 bits per heavy atom. The summed E-state index contributed by atoms with van der Waals surface area (Å²) in [5, 5.41) is 8.78. The number of amidine groups is 1. The Morgan fingerprint density at radius 2 is 1.89 bits per heavy atom. The Balaban J connectivity index is 1.77. The molecule has 1 amide bonds. The van der Waals surface area contributed by atoms with E-state index in [1.165, 1.54) is 23.9 Å². The molecule has 0 radical (unpaired) electrons. The molecule has 2 aromatic carbocycles. The molecule has 2 aromatic rings. The van der Waals surface area contributed by atoms with Crippen LogP contribution < -0.4 is 4.74 Å². The van der Waals surface area contributed by atoms with Crippen LogP contribution in [0.15, 0.2) is 58.7 Å². The lowest BCUT2D eigenvalue weighted by molar-refractivity contribution is -0.126. The summed E-state index contributed by atoms with van der Waals surface area (Å²) in [6.45, 7) is 2.31. The van der Waals surface area contributed by atoms with Gasteiger partial charge in [-0.15, -0.1) is 5.10 Å². The number of halogens is 1. The molecule has 0 N–H and O–H groups in total. The number of hydrogen-bond acceptors (Lipinski definition) is 5. The molecule has 27 heavy (non-hydrogen) atoms. The third-order valence-corrected chi connectivity index (χ3v) is 5.44. The minimum atomic E-state index is -0.301. The number of methoxy groups -OCH3 is 1. The summed E-state index contributed by atoms with van der Waals surface area (Å²) >= 11 is 1.41. The van der Waals surface area contributed by atoms with Gasteiger partial charge in [0.1, 0.15) is 11.6 Å². The van der Waals surface area contributed by atoms with Gasteiger partial charge in [-0.1, -0.05) is 30.8 Å². The molecule has 0 spiro atoms. The average molecular weight is 385 g/mol. The van der Waals surface area contributed by atoms with Crippen molar-refractivity contribution in [3.8, 4) is 5.75 Å². The molecule has 140 valence electrons. The van der Waals surface area contributed by atoms with E-state index in [0.717, 1.165) is 16.9 Å². The molecule has 1 heterocycles. The van der Waals surface area contributed by atoms with Gasteiger partial charge in [0.2, 0.25) is 5.91 Å². The van der Waals surface area contributed by atoms with Crippen LogP contribution in [0.5, 0.6) is 5.75 Å². The number of carbonyl (C=O) groups is 1. The third kappa shape index (κ3) is 4.74. The van der Waals surface area contributed by atoms with Crippen LogP contribution in [0.4, 0.5) is 4.39 Å². The quantitative estimate of drug-likeness (QED) is 0.556. The van der Waals surface area contributed by atoms with Crippen molar-refractivity contribution in [1.82, 2.24) is 4.90 Å². The van der Waals surface area contributed by atoms with Crippen LogP contribution in [0.3, 0.4) is 0 Å². The topological polar surface area (TPSA) is 54.3 Å². The van der Waals surface area contributed by atoms with Gasteiger partial charge >= 0.3 is 0 Å². The maximum absolute atomic E-state index is 13.1. The van der Waals surface area contributed by atoms with Crippen LogP contribution in [0.2, 0.25) is 0 Å². The van der Waals surface area contributed by atoms with E-state index in [-0.39, 0.29) is 17.0 Å². The van der Waals surface area contributed by atoms with Crippen LogP contribution in [0.25, 0.3) is 0 Å². The molecule has 0 aliphatic carbocycles. The first-order chi connectivity index (χ1) is 13.1. The number of nitrogens with zero attached hydrogens (tertiary/aromatic N) is 3. The number of hydrogen-bond donors (Lipinski definition) is 0. The van der Waals surface area contributed by atoms with Crippen molar-refractivity contribution in [3.63, 3.8) is 0 Å². The van der Waals surface area contributed by atoms with Crippen LogP contribution in [0.1, 0.15) is 24.5 Å². The molecule has 1 unspecified atom stereocenters. The number of ether oxygens (including phenoxy) is 1. The van der Waals surface area contributed by atoms with Gasteiger partial charge in [0.15, 0.2) is 5.17 Å². The van der Waals surface area contributed by atoms with E-state index in [2.05, 4.69) is 10.2 Å². The maximum atomic E-state index is 13.1. The molecule has 0 saturated carbocycles. The summed E-state index contributed by atoms with van der Waals surface area (Å²) in [5.41, 5.74) is 1.72. The summed E-state index contributed by atoms with van der Waals surface area (Å²) < 4.78 is 18.2. The van der Waals surface area contributed by atoms with E-state index in [0.29, 0.717) is 18.1 Å². The number of benzene rings is 2. The van der Waals surface area contributed by atoms with Crippen LogP contribution in [-0.4, -0.2) is 34.5 Å². The second kappa shape index (κ2) is 8.81. The largest absolute Gasteiger partial charge is 0.497 e. The molecule has 1 atom stereocenters. The first-order valence-electron chi connectivity index (χ1n) is 8.58. The Bertz CT molecular complexity index is 851. The van der Waals surface area contributed by atoms with Gasteiger partial charge in [-0.2, -0.15) is 5.10 Å². The van der Waals surface area contributed by atoms with E-state index in [4.69, 9.17) is 4.74 Å². The highest BCUT2D eigenvalue weighted by atomic mass is 32.2. The SMILES string of the molecule is CCC1SC(=NN=Cc2ccc(OC)cc2)N(Cc2ccc(F)cc2)C1=O. The fourth-order valence-electron chi connectivity index (χ4n) is 2.60. The highest BCUT2D eigenvalue weighted by Crippen LogP contribution is 2.30. The van der Waals surface area contributed by atoms with E-state index in [9.17, 15) is 9.18 Å². The lowest BCUT2D eigenvalue weighted by atomic mass is 10.2. The van der Waals surface area contributed by atoms with Crippen molar-refractivity contribution in [1.29, 1.82) is 0 Å². The normalized spacial score (nSPS) is 18.6. The lowest BCUT2D eigenvalue weighted by Crippen LogP contribution is -2.31. The summed E-state index contributed by atoms with van der Waals surface area (Å²) in [6, 6.07) is 13.6. The van der Waals surface area contributed by atoms with Crippen molar-refractivity contribution >= 4 is 29.1 Å². The van der Waals surface area contributed by atoms with E-state index < -0.39 is 0 Å². The van der Waals surface area contributed by atoms with E-state index in [1.807, 2.05) is 31.2 Å². The van der Waals surface area contributed by atoms with Crippen molar-refractivity contribution in [2.24, 2.45) is 10.2 Å². The summed E-state index contributed by atoms with van der Waals surface area (Å²) in [5.74, 6) is 0.474. The zero-order valence-electron chi connectivity index (χ0n) is 15.1. The Labute approximate surface area is 161 Å².